The Hall–Kier alpha value is -3.02. The average molecular weight is 307 g/mol. The summed E-state index contributed by atoms with van der Waals surface area (Å²) in [5.41, 5.74) is 3.56. The van der Waals surface area contributed by atoms with Crippen molar-refractivity contribution in [2.45, 2.75) is 13.5 Å². The molecule has 0 saturated carbocycles. The van der Waals surface area contributed by atoms with Crippen molar-refractivity contribution < 1.29 is 4.74 Å². The third-order valence-electron chi connectivity index (χ3n) is 3.38. The Morgan fingerprint density at radius 2 is 1.87 bits per heavy atom. The first-order valence-corrected chi connectivity index (χ1v) is 7.22. The van der Waals surface area contributed by atoms with Crippen LogP contribution in [0.1, 0.15) is 11.4 Å². The lowest BCUT2D eigenvalue weighted by atomic mass is 10.1. The molecule has 0 bridgehead atoms. The van der Waals surface area contributed by atoms with Gasteiger partial charge in [-0.15, -0.1) is 0 Å². The van der Waals surface area contributed by atoms with Crippen molar-refractivity contribution in [2.24, 2.45) is 0 Å². The van der Waals surface area contributed by atoms with Gasteiger partial charge in [0.25, 0.3) is 0 Å². The van der Waals surface area contributed by atoms with Crippen molar-refractivity contribution in [1.82, 2.24) is 19.9 Å². The summed E-state index contributed by atoms with van der Waals surface area (Å²) in [5, 5.41) is 3.29. The van der Waals surface area contributed by atoms with Crippen LogP contribution in [0.4, 0.5) is 5.82 Å². The molecular weight excluding hydrogens is 290 g/mol. The zero-order valence-electron chi connectivity index (χ0n) is 13.0. The molecule has 3 rings (SSSR count). The maximum Gasteiger partial charge on any atom is 0.137 e. The van der Waals surface area contributed by atoms with Crippen molar-refractivity contribution in [1.29, 1.82) is 0 Å². The molecule has 0 aliphatic rings. The Bertz CT molecular complexity index is 789. The van der Waals surface area contributed by atoms with Crippen LogP contribution in [0.15, 0.2) is 49.2 Å². The number of para-hydroxylation sites is 1. The Labute approximate surface area is 134 Å². The Morgan fingerprint density at radius 1 is 1.00 bits per heavy atom. The first kappa shape index (κ1) is 14.9. The van der Waals surface area contributed by atoms with Crippen molar-refractivity contribution in [3.63, 3.8) is 0 Å². The molecule has 3 aromatic rings. The highest BCUT2D eigenvalue weighted by molar-refractivity contribution is 5.78. The van der Waals surface area contributed by atoms with E-state index in [9.17, 15) is 0 Å². The highest BCUT2D eigenvalue weighted by Crippen LogP contribution is 2.33. The standard InChI is InChI=1S/C17H17N5O/c1-12-7-20-13(8-19-12)9-21-17-15(10-18-11-22-17)14-5-3-4-6-16(14)23-2/h3-8,10-11H,9H2,1-2H3,(H,18,21,22). The van der Waals surface area contributed by atoms with Gasteiger partial charge in [-0.1, -0.05) is 18.2 Å². The quantitative estimate of drug-likeness (QED) is 0.781. The molecule has 0 fully saturated rings. The van der Waals surface area contributed by atoms with Gasteiger partial charge in [0.15, 0.2) is 0 Å². The summed E-state index contributed by atoms with van der Waals surface area (Å²) in [6.45, 7) is 2.45. The van der Waals surface area contributed by atoms with E-state index < -0.39 is 0 Å². The van der Waals surface area contributed by atoms with Crippen LogP contribution in [0.25, 0.3) is 11.1 Å². The summed E-state index contributed by atoms with van der Waals surface area (Å²) in [6.07, 6.45) is 6.79. The highest BCUT2D eigenvalue weighted by Gasteiger charge is 2.11. The van der Waals surface area contributed by atoms with E-state index in [0.717, 1.165) is 34.1 Å². The predicted octanol–water partition coefficient (Wildman–Crippen LogP) is 2.86. The molecule has 1 aromatic carbocycles. The summed E-state index contributed by atoms with van der Waals surface area (Å²) in [5.74, 6) is 1.51. The van der Waals surface area contributed by atoms with E-state index in [1.54, 1.807) is 25.7 Å². The lowest BCUT2D eigenvalue weighted by molar-refractivity contribution is 0.416. The second-order valence-corrected chi connectivity index (χ2v) is 4.99. The van der Waals surface area contributed by atoms with Gasteiger partial charge in [0.05, 0.1) is 31.2 Å². The van der Waals surface area contributed by atoms with E-state index in [0.29, 0.717) is 6.54 Å². The minimum atomic E-state index is 0.534. The maximum atomic E-state index is 5.43. The monoisotopic (exact) mass is 307 g/mol. The molecule has 0 spiro atoms. The number of anilines is 1. The first-order valence-electron chi connectivity index (χ1n) is 7.22. The molecule has 0 radical (unpaired) electrons. The molecular formula is C17H17N5O. The molecule has 0 aliphatic carbocycles. The summed E-state index contributed by atoms with van der Waals surface area (Å²) >= 11 is 0. The van der Waals surface area contributed by atoms with E-state index in [2.05, 4.69) is 25.3 Å². The van der Waals surface area contributed by atoms with Gasteiger partial charge in [0, 0.05) is 23.5 Å². The molecule has 0 unspecified atom stereocenters. The third kappa shape index (κ3) is 3.42. The van der Waals surface area contributed by atoms with Gasteiger partial charge in [-0.25, -0.2) is 9.97 Å². The third-order valence-corrected chi connectivity index (χ3v) is 3.38. The molecule has 1 N–H and O–H groups in total. The highest BCUT2D eigenvalue weighted by atomic mass is 16.5. The molecule has 0 saturated heterocycles. The molecule has 116 valence electrons. The van der Waals surface area contributed by atoms with Crippen molar-refractivity contribution in [3.8, 4) is 16.9 Å². The van der Waals surface area contributed by atoms with Crippen LogP contribution in [0.5, 0.6) is 5.75 Å². The molecule has 6 nitrogen and oxygen atoms in total. The van der Waals surface area contributed by atoms with Crippen LogP contribution in [0, 0.1) is 6.92 Å². The number of benzene rings is 1. The zero-order chi connectivity index (χ0) is 16.1. The molecule has 23 heavy (non-hydrogen) atoms. The minimum Gasteiger partial charge on any atom is -0.496 e. The maximum absolute atomic E-state index is 5.43. The number of nitrogens with zero attached hydrogens (tertiary/aromatic N) is 4. The van der Waals surface area contributed by atoms with Crippen molar-refractivity contribution in [2.75, 3.05) is 12.4 Å². The van der Waals surface area contributed by atoms with E-state index in [1.807, 2.05) is 31.2 Å². The van der Waals surface area contributed by atoms with Gasteiger partial charge < -0.3 is 10.1 Å². The van der Waals surface area contributed by atoms with E-state index >= 15 is 0 Å². The fourth-order valence-corrected chi connectivity index (χ4v) is 2.22. The molecule has 0 atom stereocenters. The number of hydrogen-bond donors (Lipinski definition) is 1. The van der Waals surface area contributed by atoms with Gasteiger partial charge >= 0.3 is 0 Å². The van der Waals surface area contributed by atoms with E-state index in [4.69, 9.17) is 4.74 Å². The molecule has 2 heterocycles. The minimum absolute atomic E-state index is 0.534. The number of aromatic nitrogens is 4. The zero-order valence-corrected chi connectivity index (χ0v) is 13.0. The Morgan fingerprint density at radius 3 is 2.65 bits per heavy atom. The van der Waals surface area contributed by atoms with Gasteiger partial charge in [-0.2, -0.15) is 0 Å². The van der Waals surface area contributed by atoms with Crippen LogP contribution in [-0.4, -0.2) is 27.0 Å². The van der Waals surface area contributed by atoms with Crippen LogP contribution in [0.3, 0.4) is 0 Å². The normalized spacial score (nSPS) is 10.3. The number of aryl methyl sites for hydroxylation is 1. The first-order chi connectivity index (χ1) is 11.3. The lowest BCUT2D eigenvalue weighted by Gasteiger charge is -2.12. The van der Waals surface area contributed by atoms with Crippen LogP contribution >= 0.6 is 0 Å². The van der Waals surface area contributed by atoms with E-state index in [1.165, 1.54) is 6.33 Å². The number of hydrogen-bond acceptors (Lipinski definition) is 6. The number of rotatable bonds is 5. The van der Waals surface area contributed by atoms with Gasteiger partial charge in [-0.3, -0.25) is 9.97 Å². The Kier molecular flexibility index (Phi) is 4.42. The number of methoxy groups -OCH3 is 1. The summed E-state index contributed by atoms with van der Waals surface area (Å²) in [7, 11) is 1.65. The van der Waals surface area contributed by atoms with Crippen LogP contribution < -0.4 is 10.1 Å². The van der Waals surface area contributed by atoms with Gasteiger partial charge in [-0.05, 0) is 13.0 Å². The second-order valence-electron chi connectivity index (χ2n) is 4.99. The Balaban J connectivity index is 1.87. The van der Waals surface area contributed by atoms with Gasteiger partial charge in [0.1, 0.15) is 17.9 Å². The van der Waals surface area contributed by atoms with Crippen LogP contribution in [0.2, 0.25) is 0 Å². The van der Waals surface area contributed by atoms with Crippen molar-refractivity contribution in [3.05, 3.63) is 60.6 Å². The molecule has 2 aromatic heterocycles. The smallest absolute Gasteiger partial charge is 0.137 e. The predicted molar refractivity (Wildman–Crippen MR) is 88.1 cm³/mol. The summed E-state index contributed by atoms with van der Waals surface area (Å²) in [4.78, 5) is 17.0. The van der Waals surface area contributed by atoms with E-state index in [-0.39, 0.29) is 0 Å². The number of nitrogens with one attached hydrogen (secondary N) is 1. The SMILES string of the molecule is COc1ccccc1-c1cncnc1NCc1cnc(C)cn1. The molecule has 0 amide bonds. The fourth-order valence-electron chi connectivity index (χ4n) is 2.22. The molecule has 0 aliphatic heterocycles. The van der Waals surface area contributed by atoms with Gasteiger partial charge in [0.2, 0.25) is 0 Å². The summed E-state index contributed by atoms with van der Waals surface area (Å²) in [6, 6.07) is 7.78. The second kappa shape index (κ2) is 6.83. The lowest BCUT2D eigenvalue weighted by Crippen LogP contribution is -2.06. The average Bonchev–Trinajstić information content (AvgIpc) is 2.61. The number of ether oxygens (including phenoxy) is 1. The molecule has 6 heteroatoms. The largest absolute Gasteiger partial charge is 0.496 e. The topological polar surface area (TPSA) is 72.8 Å². The fraction of sp³-hybridized carbons (Fsp3) is 0.176. The summed E-state index contributed by atoms with van der Waals surface area (Å²) < 4.78 is 5.43. The van der Waals surface area contributed by atoms with Crippen LogP contribution in [-0.2, 0) is 6.54 Å². The van der Waals surface area contributed by atoms with Crippen molar-refractivity contribution >= 4 is 5.82 Å².